The van der Waals surface area contributed by atoms with Gasteiger partial charge in [0.25, 0.3) is 0 Å². The van der Waals surface area contributed by atoms with E-state index >= 15 is 0 Å². The van der Waals surface area contributed by atoms with Crippen LogP contribution in [0.5, 0.6) is 0 Å². The van der Waals surface area contributed by atoms with Crippen molar-refractivity contribution in [3.8, 4) is 0 Å². The monoisotopic (exact) mass is 273 g/mol. The Morgan fingerprint density at radius 1 is 0.850 bits per heavy atom. The van der Waals surface area contributed by atoms with Gasteiger partial charge in [0, 0.05) is 12.0 Å². The van der Waals surface area contributed by atoms with Gasteiger partial charge in [-0.2, -0.15) is 0 Å². The molecule has 0 amide bonds. The molecule has 111 valence electrons. The fourth-order valence-corrected chi connectivity index (χ4v) is 2.49. The first-order valence-corrected chi connectivity index (χ1v) is 8.34. The Kier molecular flexibility index (Phi) is 9.91. The Labute approximate surface area is 124 Å². The van der Waals surface area contributed by atoms with Gasteiger partial charge in [0.15, 0.2) is 5.78 Å². The summed E-state index contributed by atoms with van der Waals surface area (Å²) >= 11 is 0. The molecule has 0 unspecified atom stereocenters. The van der Waals surface area contributed by atoms with E-state index in [1.165, 1.54) is 57.8 Å². The lowest BCUT2D eigenvalue weighted by Crippen LogP contribution is -1.98. The minimum Gasteiger partial charge on any atom is -0.294 e. The van der Waals surface area contributed by atoms with Gasteiger partial charge in [0.1, 0.15) is 0 Å². The topological polar surface area (TPSA) is 17.1 Å². The van der Waals surface area contributed by atoms with Crippen LogP contribution in [0.4, 0.5) is 0 Å². The fraction of sp³-hybridized carbons (Fsp3) is 0.632. The van der Waals surface area contributed by atoms with E-state index in [-0.39, 0.29) is 5.78 Å². The molecule has 0 saturated carbocycles. The molecular formula is C19H29O. The smallest absolute Gasteiger partial charge is 0.162 e. The predicted octanol–water partition coefficient (Wildman–Crippen LogP) is 5.98. The van der Waals surface area contributed by atoms with Gasteiger partial charge in [-0.05, 0) is 12.5 Å². The lowest BCUT2D eigenvalue weighted by molar-refractivity contribution is 0.0979. The van der Waals surface area contributed by atoms with Crippen LogP contribution in [0.2, 0.25) is 0 Å². The standard InChI is InChI=1S/C19H29O/c1-2-3-4-5-6-7-8-9-10-14-17-19(20)18-15-12-11-13-16-18/h12-13,15-16H,2-10,14,17H2,1H3. The number of hydrogen-bond donors (Lipinski definition) is 0. The second kappa shape index (κ2) is 11.7. The quantitative estimate of drug-likeness (QED) is 0.338. The highest BCUT2D eigenvalue weighted by Crippen LogP contribution is 2.12. The zero-order valence-electron chi connectivity index (χ0n) is 13.0. The van der Waals surface area contributed by atoms with E-state index in [1.807, 2.05) is 24.3 Å². The summed E-state index contributed by atoms with van der Waals surface area (Å²) in [5, 5.41) is 0. The van der Waals surface area contributed by atoms with Crippen LogP contribution in [0.25, 0.3) is 0 Å². The molecular weight excluding hydrogens is 244 g/mol. The van der Waals surface area contributed by atoms with Crippen molar-refractivity contribution in [2.24, 2.45) is 0 Å². The first-order chi connectivity index (χ1) is 9.84. The van der Waals surface area contributed by atoms with Gasteiger partial charge in [-0.15, -0.1) is 0 Å². The number of benzene rings is 1. The lowest BCUT2D eigenvalue weighted by Gasteiger charge is -2.02. The van der Waals surface area contributed by atoms with Crippen molar-refractivity contribution in [1.29, 1.82) is 0 Å². The summed E-state index contributed by atoms with van der Waals surface area (Å²) < 4.78 is 0. The number of Topliss-reactive ketones (excluding diaryl/α,β-unsaturated/α-hetero) is 1. The van der Waals surface area contributed by atoms with Gasteiger partial charge < -0.3 is 0 Å². The van der Waals surface area contributed by atoms with Crippen molar-refractivity contribution in [2.45, 2.75) is 77.6 Å². The third-order valence-corrected chi connectivity index (χ3v) is 3.80. The van der Waals surface area contributed by atoms with Crippen LogP contribution < -0.4 is 0 Å². The summed E-state index contributed by atoms with van der Waals surface area (Å²) in [4.78, 5) is 11.9. The predicted molar refractivity (Wildman–Crippen MR) is 86.1 cm³/mol. The molecule has 0 aliphatic carbocycles. The molecule has 1 radical (unpaired) electrons. The molecule has 0 aliphatic heterocycles. The van der Waals surface area contributed by atoms with E-state index in [4.69, 9.17) is 0 Å². The Balaban J connectivity index is 1.91. The maximum absolute atomic E-state index is 11.9. The van der Waals surface area contributed by atoms with E-state index in [1.54, 1.807) is 0 Å². The highest BCUT2D eigenvalue weighted by Gasteiger charge is 2.03. The maximum atomic E-state index is 11.9. The molecule has 0 aromatic heterocycles. The molecule has 1 heteroatoms. The molecule has 0 bridgehead atoms. The van der Waals surface area contributed by atoms with Crippen molar-refractivity contribution < 1.29 is 4.79 Å². The maximum Gasteiger partial charge on any atom is 0.162 e. The summed E-state index contributed by atoms with van der Waals surface area (Å²) in [6, 6.07) is 10.3. The van der Waals surface area contributed by atoms with E-state index in [0.29, 0.717) is 6.42 Å². The molecule has 0 aliphatic rings. The third-order valence-electron chi connectivity index (χ3n) is 3.80. The van der Waals surface area contributed by atoms with Crippen LogP contribution >= 0.6 is 0 Å². The Morgan fingerprint density at radius 3 is 1.90 bits per heavy atom. The van der Waals surface area contributed by atoms with Crippen LogP contribution in [0.15, 0.2) is 24.3 Å². The van der Waals surface area contributed by atoms with Crippen LogP contribution in [0, 0.1) is 6.07 Å². The van der Waals surface area contributed by atoms with Crippen molar-refractivity contribution in [3.63, 3.8) is 0 Å². The molecule has 1 aromatic carbocycles. The van der Waals surface area contributed by atoms with Crippen LogP contribution in [-0.4, -0.2) is 5.78 Å². The highest BCUT2D eigenvalue weighted by molar-refractivity contribution is 5.95. The SMILES string of the molecule is CCCCCCCCCCCCC(=O)c1cc[c]cc1. The van der Waals surface area contributed by atoms with E-state index in [2.05, 4.69) is 13.0 Å². The number of rotatable bonds is 12. The molecule has 1 rings (SSSR count). The second-order valence-electron chi connectivity index (χ2n) is 5.64. The minimum atomic E-state index is 0.276. The lowest BCUT2D eigenvalue weighted by atomic mass is 10.0. The molecule has 20 heavy (non-hydrogen) atoms. The van der Waals surface area contributed by atoms with Gasteiger partial charge >= 0.3 is 0 Å². The largest absolute Gasteiger partial charge is 0.294 e. The molecule has 0 saturated heterocycles. The van der Waals surface area contributed by atoms with E-state index in [9.17, 15) is 4.79 Å². The average Bonchev–Trinajstić information content (AvgIpc) is 2.50. The zero-order chi connectivity index (χ0) is 14.5. The van der Waals surface area contributed by atoms with Crippen molar-refractivity contribution in [1.82, 2.24) is 0 Å². The summed E-state index contributed by atoms with van der Waals surface area (Å²) in [7, 11) is 0. The van der Waals surface area contributed by atoms with Crippen LogP contribution in [0.3, 0.4) is 0 Å². The summed E-state index contributed by atoms with van der Waals surface area (Å²) in [5.41, 5.74) is 0.833. The van der Waals surface area contributed by atoms with E-state index in [0.717, 1.165) is 12.0 Å². The highest BCUT2D eigenvalue weighted by atomic mass is 16.1. The molecule has 0 fully saturated rings. The molecule has 0 N–H and O–H groups in total. The average molecular weight is 273 g/mol. The third kappa shape index (κ3) is 8.14. The van der Waals surface area contributed by atoms with Gasteiger partial charge in [-0.3, -0.25) is 4.79 Å². The Morgan fingerprint density at radius 2 is 1.35 bits per heavy atom. The Hall–Kier alpha value is -1.11. The van der Waals surface area contributed by atoms with Gasteiger partial charge in [-0.1, -0.05) is 89.0 Å². The molecule has 0 atom stereocenters. The number of ketones is 1. The number of carbonyl (C=O) groups excluding carboxylic acids is 1. The first kappa shape index (κ1) is 16.9. The van der Waals surface area contributed by atoms with Crippen molar-refractivity contribution >= 4 is 5.78 Å². The zero-order valence-corrected chi connectivity index (χ0v) is 13.0. The summed E-state index contributed by atoms with van der Waals surface area (Å²) in [6.07, 6.45) is 13.8. The minimum absolute atomic E-state index is 0.276. The van der Waals surface area contributed by atoms with Crippen molar-refractivity contribution in [3.05, 3.63) is 35.9 Å². The molecule has 1 aromatic rings. The Bertz CT molecular complexity index is 342. The number of unbranched alkanes of at least 4 members (excludes halogenated alkanes) is 9. The first-order valence-electron chi connectivity index (χ1n) is 8.34. The molecule has 0 heterocycles. The van der Waals surface area contributed by atoms with Crippen LogP contribution in [-0.2, 0) is 0 Å². The van der Waals surface area contributed by atoms with Gasteiger partial charge in [-0.25, -0.2) is 0 Å². The normalized spacial score (nSPS) is 10.7. The summed E-state index contributed by atoms with van der Waals surface area (Å²) in [6.45, 7) is 2.26. The number of carbonyl (C=O) groups is 1. The molecule has 0 spiro atoms. The molecule has 1 nitrogen and oxygen atoms in total. The van der Waals surface area contributed by atoms with Crippen molar-refractivity contribution in [2.75, 3.05) is 0 Å². The van der Waals surface area contributed by atoms with E-state index < -0.39 is 0 Å². The fourth-order valence-electron chi connectivity index (χ4n) is 2.49. The van der Waals surface area contributed by atoms with Gasteiger partial charge in [0.2, 0.25) is 0 Å². The summed E-state index contributed by atoms with van der Waals surface area (Å²) in [5.74, 6) is 0.276. The second-order valence-corrected chi connectivity index (χ2v) is 5.64. The van der Waals surface area contributed by atoms with Crippen LogP contribution in [0.1, 0.15) is 87.9 Å². The van der Waals surface area contributed by atoms with Gasteiger partial charge in [0.05, 0.1) is 0 Å². The number of hydrogen-bond acceptors (Lipinski definition) is 1.